The van der Waals surface area contributed by atoms with Crippen molar-refractivity contribution in [3.05, 3.63) is 58.0 Å². The van der Waals surface area contributed by atoms with Gasteiger partial charge in [-0.2, -0.15) is 0 Å². The number of hydrogen-bond donors (Lipinski definition) is 1. The van der Waals surface area contributed by atoms with Gasteiger partial charge in [0.1, 0.15) is 17.6 Å². The van der Waals surface area contributed by atoms with Gasteiger partial charge in [-0.25, -0.2) is 9.69 Å². The molecule has 1 saturated heterocycles. The number of benzene rings is 1. The van der Waals surface area contributed by atoms with Crippen LogP contribution in [0.2, 0.25) is 0 Å². The van der Waals surface area contributed by atoms with E-state index in [1.807, 2.05) is 30.3 Å². The molecular formula is C27H34BrNO10. The van der Waals surface area contributed by atoms with Crippen LogP contribution in [0.4, 0.5) is 4.79 Å². The van der Waals surface area contributed by atoms with Crippen LogP contribution in [0.5, 0.6) is 0 Å². The molecule has 0 unspecified atom stereocenters. The fraction of sp³-hybridized carbons (Fsp3) is 0.519. The smallest absolute Gasteiger partial charge is 0.417 e. The monoisotopic (exact) mass is 611 g/mol. The number of methoxy groups -OCH3 is 1. The normalized spacial score (nSPS) is 18.6. The van der Waals surface area contributed by atoms with Gasteiger partial charge in [-0.05, 0) is 40.9 Å². The van der Waals surface area contributed by atoms with Crippen molar-refractivity contribution in [2.75, 3.05) is 40.1 Å². The van der Waals surface area contributed by atoms with Crippen LogP contribution >= 0.6 is 15.9 Å². The van der Waals surface area contributed by atoms with Gasteiger partial charge in [0, 0.05) is 27.1 Å². The van der Waals surface area contributed by atoms with Crippen LogP contribution in [0.1, 0.15) is 49.6 Å². The van der Waals surface area contributed by atoms with E-state index in [0.29, 0.717) is 42.9 Å². The number of furan rings is 1. The summed E-state index contributed by atoms with van der Waals surface area (Å²) in [4.78, 5) is 39.4. The number of rotatable bonds is 15. The lowest BCUT2D eigenvalue weighted by atomic mass is 10.0. The number of hydrogen-bond acceptors (Lipinski definition) is 10. The number of ether oxygens (including phenoxy) is 5. The standard InChI is InChI=1S/C27H34BrNO10/c1-17-23(19-8-5-4-6-9-19)39-27(33)29(17)26(32)25(34-3)24(37-18(2)31)22-16-20(28)21(38-22)10-7-12-35-14-15-36-13-11-30/h4-6,8-9,16-17,23-25,30H,7,10-15H2,1-3H3/t17-,23-,24+,25-/m1/s1. The van der Waals surface area contributed by atoms with Crippen LogP contribution in [-0.4, -0.2) is 80.3 Å². The minimum atomic E-state index is -1.37. The summed E-state index contributed by atoms with van der Waals surface area (Å²) in [5.41, 5.74) is 0.750. The van der Waals surface area contributed by atoms with Gasteiger partial charge >= 0.3 is 12.1 Å². The summed E-state index contributed by atoms with van der Waals surface area (Å²) < 4.78 is 33.7. The molecule has 39 heavy (non-hydrogen) atoms. The quantitative estimate of drug-likeness (QED) is 0.234. The number of carbonyl (C=O) groups excluding carboxylic acids is 3. The number of aliphatic hydroxyl groups is 1. The number of halogens is 1. The van der Waals surface area contributed by atoms with Gasteiger partial charge in [-0.1, -0.05) is 30.3 Å². The average molecular weight is 612 g/mol. The van der Waals surface area contributed by atoms with Crippen molar-refractivity contribution in [2.45, 2.75) is 51.0 Å². The summed E-state index contributed by atoms with van der Waals surface area (Å²) in [7, 11) is 1.29. The molecule has 0 bridgehead atoms. The summed E-state index contributed by atoms with van der Waals surface area (Å²) in [6.45, 7) is 4.40. The molecule has 3 rings (SSSR count). The van der Waals surface area contributed by atoms with Gasteiger partial charge in [0.25, 0.3) is 5.91 Å². The van der Waals surface area contributed by atoms with Crippen molar-refractivity contribution >= 4 is 33.9 Å². The van der Waals surface area contributed by atoms with Gasteiger partial charge in [0.05, 0.1) is 36.9 Å². The molecule has 4 atom stereocenters. The Hall–Kier alpha value is -2.77. The van der Waals surface area contributed by atoms with Crippen molar-refractivity contribution in [3.63, 3.8) is 0 Å². The van der Waals surface area contributed by atoms with Crippen LogP contribution in [-0.2, 0) is 39.7 Å². The number of carbonyl (C=O) groups is 3. The number of amides is 2. The Morgan fingerprint density at radius 3 is 2.46 bits per heavy atom. The van der Waals surface area contributed by atoms with E-state index in [2.05, 4.69) is 15.9 Å². The number of aliphatic hydroxyl groups excluding tert-OH is 1. The third-order valence-corrected chi connectivity index (χ3v) is 6.73. The summed E-state index contributed by atoms with van der Waals surface area (Å²) in [6.07, 6.45) is -2.94. The van der Waals surface area contributed by atoms with Crippen LogP contribution in [0.15, 0.2) is 45.3 Å². The third kappa shape index (κ3) is 8.12. The van der Waals surface area contributed by atoms with Crippen molar-refractivity contribution in [1.29, 1.82) is 0 Å². The Labute approximate surface area is 235 Å². The zero-order valence-corrected chi connectivity index (χ0v) is 23.8. The summed E-state index contributed by atoms with van der Waals surface area (Å²) in [5, 5.41) is 8.70. The SMILES string of the molecule is CO[C@@H](C(=O)N1C(=O)O[C@@H](c2ccccc2)[C@H]1C)[C@@H](OC(C)=O)c1cc(Br)c(CCCOCCOCCO)o1. The van der Waals surface area contributed by atoms with Crippen LogP contribution in [0.3, 0.4) is 0 Å². The van der Waals surface area contributed by atoms with Crippen molar-refractivity contribution in [1.82, 2.24) is 4.90 Å². The molecule has 1 aliphatic heterocycles. The summed E-state index contributed by atoms with van der Waals surface area (Å²) in [5.74, 6) is -0.612. The van der Waals surface area contributed by atoms with Crippen molar-refractivity contribution < 1.29 is 47.6 Å². The Kier molecular flexibility index (Phi) is 11.9. The molecule has 1 fully saturated rings. The molecule has 12 heteroatoms. The van der Waals surface area contributed by atoms with E-state index in [4.69, 9.17) is 33.2 Å². The van der Waals surface area contributed by atoms with E-state index >= 15 is 0 Å². The highest BCUT2D eigenvalue weighted by molar-refractivity contribution is 9.10. The van der Waals surface area contributed by atoms with E-state index in [-0.39, 0.29) is 19.0 Å². The van der Waals surface area contributed by atoms with Gasteiger partial charge in [0.15, 0.2) is 12.2 Å². The van der Waals surface area contributed by atoms with E-state index in [1.54, 1.807) is 13.0 Å². The highest BCUT2D eigenvalue weighted by Gasteiger charge is 2.48. The molecule has 2 amide bonds. The lowest BCUT2D eigenvalue weighted by molar-refractivity contribution is -0.164. The van der Waals surface area contributed by atoms with Crippen LogP contribution < -0.4 is 0 Å². The predicted octanol–water partition coefficient (Wildman–Crippen LogP) is 3.73. The molecule has 2 aromatic rings. The fourth-order valence-electron chi connectivity index (χ4n) is 4.24. The van der Waals surface area contributed by atoms with E-state index in [0.717, 1.165) is 10.5 Å². The second-order valence-electron chi connectivity index (χ2n) is 8.82. The Morgan fingerprint density at radius 1 is 1.13 bits per heavy atom. The van der Waals surface area contributed by atoms with Gasteiger partial charge in [0.2, 0.25) is 0 Å². The fourth-order valence-corrected chi connectivity index (χ4v) is 4.75. The molecule has 1 aliphatic rings. The molecule has 1 N–H and O–H groups in total. The highest BCUT2D eigenvalue weighted by atomic mass is 79.9. The van der Waals surface area contributed by atoms with E-state index < -0.39 is 42.3 Å². The van der Waals surface area contributed by atoms with Gasteiger partial charge in [-0.15, -0.1) is 0 Å². The first-order chi connectivity index (χ1) is 18.8. The maximum atomic E-state index is 13.6. The Morgan fingerprint density at radius 2 is 1.82 bits per heavy atom. The first kappa shape index (κ1) is 30.8. The van der Waals surface area contributed by atoms with E-state index in [9.17, 15) is 14.4 Å². The predicted molar refractivity (Wildman–Crippen MR) is 141 cm³/mol. The summed E-state index contributed by atoms with van der Waals surface area (Å²) >= 11 is 3.46. The second-order valence-corrected chi connectivity index (χ2v) is 9.68. The molecule has 2 heterocycles. The Bertz CT molecular complexity index is 1090. The maximum absolute atomic E-state index is 13.6. The first-order valence-electron chi connectivity index (χ1n) is 12.6. The van der Waals surface area contributed by atoms with Crippen molar-refractivity contribution in [3.8, 4) is 0 Å². The second kappa shape index (κ2) is 15.1. The number of aryl methyl sites for hydroxylation is 1. The molecule has 0 saturated carbocycles. The zero-order valence-electron chi connectivity index (χ0n) is 22.2. The number of imide groups is 1. The highest BCUT2D eigenvalue weighted by Crippen LogP contribution is 2.36. The minimum Gasteiger partial charge on any atom is -0.461 e. The molecule has 214 valence electrons. The lowest BCUT2D eigenvalue weighted by Crippen LogP contribution is -2.47. The molecule has 0 aliphatic carbocycles. The number of esters is 1. The molecule has 1 aromatic carbocycles. The molecule has 0 spiro atoms. The maximum Gasteiger partial charge on any atom is 0.417 e. The molecule has 0 radical (unpaired) electrons. The Balaban J connectivity index is 1.71. The van der Waals surface area contributed by atoms with Crippen LogP contribution in [0, 0.1) is 0 Å². The van der Waals surface area contributed by atoms with Crippen molar-refractivity contribution in [2.24, 2.45) is 0 Å². The summed E-state index contributed by atoms with van der Waals surface area (Å²) in [6, 6.07) is 10.1. The topological polar surface area (TPSA) is 134 Å². The molecule has 1 aromatic heterocycles. The lowest BCUT2D eigenvalue weighted by Gasteiger charge is -2.27. The zero-order chi connectivity index (χ0) is 28.4. The molecular weight excluding hydrogens is 578 g/mol. The number of nitrogens with zero attached hydrogens (tertiary/aromatic N) is 1. The minimum absolute atomic E-state index is 0.0337. The van der Waals surface area contributed by atoms with E-state index in [1.165, 1.54) is 14.0 Å². The number of cyclic esters (lactones) is 1. The van der Waals surface area contributed by atoms with Gasteiger partial charge in [-0.3, -0.25) is 9.59 Å². The van der Waals surface area contributed by atoms with Crippen LogP contribution in [0.25, 0.3) is 0 Å². The average Bonchev–Trinajstić information content (AvgIpc) is 3.43. The third-order valence-electron chi connectivity index (χ3n) is 6.06. The van der Waals surface area contributed by atoms with Gasteiger partial charge < -0.3 is 33.2 Å². The largest absolute Gasteiger partial charge is 0.461 e. The first-order valence-corrected chi connectivity index (χ1v) is 13.4. The molecule has 11 nitrogen and oxygen atoms in total.